The summed E-state index contributed by atoms with van der Waals surface area (Å²) in [5.41, 5.74) is 7.23. The molecular formula is C8H11N3. The lowest BCUT2D eigenvalue weighted by molar-refractivity contribution is 0.678. The summed E-state index contributed by atoms with van der Waals surface area (Å²) in [6.07, 6.45) is 2.58. The van der Waals surface area contributed by atoms with Gasteiger partial charge in [-0.05, 0) is 12.5 Å². The van der Waals surface area contributed by atoms with Crippen LogP contribution in [0.25, 0.3) is 0 Å². The molecule has 0 bridgehead atoms. The van der Waals surface area contributed by atoms with Gasteiger partial charge in [-0.3, -0.25) is 0 Å². The lowest BCUT2D eigenvalue weighted by Crippen LogP contribution is -2.10. The summed E-state index contributed by atoms with van der Waals surface area (Å²) < 4.78 is 0. The lowest BCUT2D eigenvalue weighted by Gasteiger charge is -2.05. The second kappa shape index (κ2) is 3.22. The normalized spacial score (nSPS) is 12.5. The van der Waals surface area contributed by atoms with Crippen LogP contribution in [-0.2, 0) is 0 Å². The molecule has 0 aliphatic carbocycles. The van der Waals surface area contributed by atoms with Gasteiger partial charge in [0, 0.05) is 17.9 Å². The number of rotatable bonds is 2. The predicted octanol–water partition coefficient (Wildman–Crippen LogP) is 1.30. The van der Waals surface area contributed by atoms with Crippen LogP contribution in [0.15, 0.2) is 12.3 Å². The number of nitrogens with zero attached hydrogens (tertiary/aromatic N) is 1. The van der Waals surface area contributed by atoms with E-state index >= 15 is 0 Å². The Morgan fingerprint density at radius 2 is 2.55 bits per heavy atom. The van der Waals surface area contributed by atoms with Crippen molar-refractivity contribution in [3.8, 4) is 6.07 Å². The maximum atomic E-state index is 8.63. The second-order valence-electron chi connectivity index (χ2n) is 2.43. The van der Waals surface area contributed by atoms with Crippen molar-refractivity contribution in [2.75, 3.05) is 0 Å². The number of H-pyrrole nitrogens is 1. The van der Waals surface area contributed by atoms with Crippen LogP contribution >= 0.6 is 0 Å². The predicted molar refractivity (Wildman–Crippen MR) is 42.7 cm³/mol. The number of nitrogens with two attached hydrogens (primary N) is 1. The summed E-state index contributed by atoms with van der Waals surface area (Å²) in [6.45, 7) is 1.99. The van der Waals surface area contributed by atoms with Crippen LogP contribution in [0.5, 0.6) is 0 Å². The van der Waals surface area contributed by atoms with Gasteiger partial charge in [0.2, 0.25) is 0 Å². The summed E-state index contributed by atoms with van der Waals surface area (Å²) in [6, 6.07) is 3.78. The number of hydrogen-bond acceptors (Lipinski definition) is 2. The molecule has 3 nitrogen and oxygen atoms in total. The third kappa shape index (κ3) is 1.41. The lowest BCUT2D eigenvalue weighted by atomic mass is 10.1. The molecule has 1 aromatic rings. The molecule has 0 amide bonds. The fourth-order valence-electron chi connectivity index (χ4n) is 0.991. The Bertz CT molecular complexity index is 269. The van der Waals surface area contributed by atoms with Gasteiger partial charge in [-0.15, -0.1) is 0 Å². The van der Waals surface area contributed by atoms with E-state index in [1.54, 1.807) is 12.3 Å². The minimum atomic E-state index is -0.0420. The van der Waals surface area contributed by atoms with E-state index in [0.717, 1.165) is 12.1 Å². The molecule has 3 heteroatoms. The van der Waals surface area contributed by atoms with E-state index in [0.29, 0.717) is 5.56 Å². The van der Waals surface area contributed by atoms with Crippen molar-refractivity contribution in [1.29, 1.82) is 5.26 Å². The van der Waals surface area contributed by atoms with Crippen molar-refractivity contribution >= 4 is 0 Å². The summed E-state index contributed by atoms with van der Waals surface area (Å²) in [5.74, 6) is 0. The molecule has 0 aromatic carbocycles. The van der Waals surface area contributed by atoms with Gasteiger partial charge in [0.05, 0.1) is 5.56 Å². The zero-order chi connectivity index (χ0) is 8.27. The second-order valence-corrected chi connectivity index (χ2v) is 2.43. The van der Waals surface area contributed by atoms with Crippen molar-refractivity contribution in [2.45, 2.75) is 19.4 Å². The summed E-state index contributed by atoms with van der Waals surface area (Å²) in [4.78, 5) is 2.96. The van der Waals surface area contributed by atoms with Crippen molar-refractivity contribution in [1.82, 2.24) is 4.98 Å². The van der Waals surface area contributed by atoms with E-state index in [2.05, 4.69) is 11.1 Å². The van der Waals surface area contributed by atoms with E-state index in [-0.39, 0.29) is 6.04 Å². The third-order valence-corrected chi connectivity index (χ3v) is 1.71. The maximum Gasteiger partial charge on any atom is 0.101 e. The van der Waals surface area contributed by atoms with Gasteiger partial charge in [0.25, 0.3) is 0 Å². The molecule has 58 valence electrons. The monoisotopic (exact) mass is 149 g/mol. The Hall–Kier alpha value is -1.27. The van der Waals surface area contributed by atoms with E-state index in [4.69, 9.17) is 11.0 Å². The van der Waals surface area contributed by atoms with Gasteiger partial charge in [0.1, 0.15) is 6.07 Å². The van der Waals surface area contributed by atoms with Crippen molar-refractivity contribution in [2.24, 2.45) is 5.73 Å². The van der Waals surface area contributed by atoms with Gasteiger partial charge in [-0.1, -0.05) is 6.92 Å². The largest absolute Gasteiger partial charge is 0.363 e. The Kier molecular flexibility index (Phi) is 2.29. The molecule has 0 saturated carbocycles. The molecule has 0 unspecified atom stereocenters. The molecule has 1 heterocycles. The highest BCUT2D eigenvalue weighted by Gasteiger charge is 2.08. The standard InChI is InChI=1S/C8H11N3/c1-2-7(10)8-6(5-9)3-4-11-8/h3-4,7,11H,2,10H2,1H3/t7-/m1/s1. The van der Waals surface area contributed by atoms with Crippen LogP contribution in [0.1, 0.15) is 30.6 Å². The number of nitrogens with one attached hydrogen (secondary N) is 1. The van der Waals surface area contributed by atoms with Gasteiger partial charge in [-0.2, -0.15) is 5.26 Å². The van der Waals surface area contributed by atoms with Crippen LogP contribution in [0.4, 0.5) is 0 Å². The third-order valence-electron chi connectivity index (χ3n) is 1.71. The molecule has 0 aliphatic rings. The van der Waals surface area contributed by atoms with Crippen LogP contribution in [0.2, 0.25) is 0 Å². The summed E-state index contributed by atoms with van der Waals surface area (Å²) >= 11 is 0. The molecule has 1 aromatic heterocycles. The van der Waals surface area contributed by atoms with Crippen LogP contribution in [-0.4, -0.2) is 4.98 Å². The highest BCUT2D eigenvalue weighted by atomic mass is 14.8. The molecule has 0 saturated heterocycles. The van der Waals surface area contributed by atoms with Crippen LogP contribution < -0.4 is 5.73 Å². The minimum Gasteiger partial charge on any atom is -0.363 e. The Balaban J connectivity index is 2.95. The highest BCUT2D eigenvalue weighted by Crippen LogP contribution is 2.15. The fraction of sp³-hybridized carbons (Fsp3) is 0.375. The topological polar surface area (TPSA) is 65.6 Å². The van der Waals surface area contributed by atoms with Gasteiger partial charge in [0.15, 0.2) is 0 Å². The zero-order valence-corrected chi connectivity index (χ0v) is 6.46. The van der Waals surface area contributed by atoms with E-state index < -0.39 is 0 Å². The van der Waals surface area contributed by atoms with Crippen molar-refractivity contribution in [3.05, 3.63) is 23.5 Å². The van der Waals surface area contributed by atoms with E-state index in [9.17, 15) is 0 Å². The van der Waals surface area contributed by atoms with Crippen molar-refractivity contribution < 1.29 is 0 Å². The smallest absolute Gasteiger partial charge is 0.101 e. The fourth-order valence-corrected chi connectivity index (χ4v) is 0.991. The SMILES string of the molecule is CC[C@@H](N)c1[nH]ccc1C#N. The van der Waals surface area contributed by atoms with Gasteiger partial charge < -0.3 is 10.7 Å². The van der Waals surface area contributed by atoms with Gasteiger partial charge >= 0.3 is 0 Å². The Labute approximate surface area is 65.8 Å². The first kappa shape index (κ1) is 7.83. The molecule has 0 fully saturated rings. The molecule has 11 heavy (non-hydrogen) atoms. The van der Waals surface area contributed by atoms with E-state index in [1.807, 2.05) is 6.92 Å². The first-order valence-electron chi connectivity index (χ1n) is 3.62. The average Bonchev–Trinajstić information content (AvgIpc) is 2.50. The Morgan fingerprint density at radius 1 is 1.82 bits per heavy atom. The number of aromatic nitrogens is 1. The molecule has 1 rings (SSSR count). The molecule has 1 atom stereocenters. The first-order valence-corrected chi connectivity index (χ1v) is 3.62. The number of aromatic amines is 1. The molecular weight excluding hydrogens is 138 g/mol. The van der Waals surface area contributed by atoms with Crippen LogP contribution in [0.3, 0.4) is 0 Å². The van der Waals surface area contributed by atoms with Gasteiger partial charge in [-0.25, -0.2) is 0 Å². The van der Waals surface area contributed by atoms with Crippen LogP contribution in [0, 0.1) is 11.3 Å². The molecule has 3 N–H and O–H groups in total. The zero-order valence-electron chi connectivity index (χ0n) is 6.46. The first-order chi connectivity index (χ1) is 5.29. The number of hydrogen-bond donors (Lipinski definition) is 2. The Morgan fingerprint density at radius 3 is 3.09 bits per heavy atom. The molecule has 0 spiro atoms. The van der Waals surface area contributed by atoms with Crippen molar-refractivity contribution in [3.63, 3.8) is 0 Å². The van der Waals surface area contributed by atoms with E-state index in [1.165, 1.54) is 0 Å². The maximum absolute atomic E-state index is 8.63. The molecule has 0 aliphatic heterocycles. The summed E-state index contributed by atoms with van der Waals surface area (Å²) in [5, 5.41) is 8.63. The highest BCUT2D eigenvalue weighted by molar-refractivity contribution is 5.34. The number of nitriles is 1. The summed E-state index contributed by atoms with van der Waals surface area (Å²) in [7, 11) is 0. The average molecular weight is 149 g/mol. The minimum absolute atomic E-state index is 0.0420. The quantitative estimate of drug-likeness (QED) is 0.665. The molecule has 0 radical (unpaired) electrons.